The Balaban J connectivity index is 1.64. The average Bonchev–Trinajstić information content (AvgIpc) is 2.59. The lowest BCUT2D eigenvalue weighted by molar-refractivity contribution is -0.127. The maximum atomic E-state index is 11.8. The monoisotopic (exact) mass is 362 g/mol. The Morgan fingerprint density at radius 3 is 2.25 bits per heavy atom. The van der Waals surface area contributed by atoms with Crippen molar-refractivity contribution in [1.29, 1.82) is 0 Å². The molecule has 0 aliphatic carbocycles. The van der Waals surface area contributed by atoms with E-state index < -0.39 is 0 Å². The van der Waals surface area contributed by atoms with Gasteiger partial charge in [-0.2, -0.15) is 0 Å². The van der Waals surface area contributed by atoms with E-state index in [4.69, 9.17) is 11.6 Å². The van der Waals surface area contributed by atoms with Gasteiger partial charge in [-0.1, -0.05) is 41.4 Å². The molecule has 2 amide bonds. The van der Waals surface area contributed by atoms with Crippen molar-refractivity contribution in [2.24, 2.45) is 0 Å². The molecule has 6 heteroatoms. The molecule has 0 saturated carbocycles. The van der Waals surface area contributed by atoms with E-state index in [0.29, 0.717) is 17.9 Å². The van der Waals surface area contributed by atoms with Crippen LogP contribution in [0.1, 0.15) is 17.5 Å². The van der Waals surface area contributed by atoms with E-state index in [9.17, 15) is 9.59 Å². The van der Waals surface area contributed by atoms with Crippen LogP contribution in [-0.4, -0.2) is 17.6 Å². The molecule has 0 radical (unpaired) electrons. The van der Waals surface area contributed by atoms with Gasteiger partial charge < -0.3 is 0 Å². The Kier molecular flexibility index (Phi) is 7.15. The number of nitrogens with one attached hydrogen (secondary N) is 2. The molecule has 0 unspecified atom stereocenters. The van der Waals surface area contributed by atoms with Gasteiger partial charge in [-0.15, -0.1) is 11.8 Å². The predicted octanol–water partition coefficient (Wildman–Crippen LogP) is 3.52. The molecule has 24 heavy (non-hydrogen) atoms. The molecular weight excluding hydrogens is 344 g/mol. The highest BCUT2D eigenvalue weighted by Gasteiger charge is 2.06. The molecule has 2 aromatic carbocycles. The number of rotatable bonds is 6. The number of aryl methyl sites for hydroxylation is 2. The lowest BCUT2D eigenvalue weighted by Crippen LogP contribution is -2.42. The molecular formula is C18H19ClN2O2S. The zero-order valence-electron chi connectivity index (χ0n) is 13.3. The highest BCUT2D eigenvalue weighted by Crippen LogP contribution is 2.19. The van der Waals surface area contributed by atoms with Crippen LogP contribution < -0.4 is 10.9 Å². The summed E-state index contributed by atoms with van der Waals surface area (Å²) >= 11 is 7.18. The van der Waals surface area contributed by atoms with Crippen molar-refractivity contribution in [3.63, 3.8) is 0 Å². The maximum Gasteiger partial charge on any atom is 0.248 e. The number of carbonyl (C=O) groups excluding carboxylic acids is 2. The molecule has 0 aliphatic heterocycles. The van der Waals surface area contributed by atoms with Gasteiger partial charge in [0.25, 0.3) is 0 Å². The Morgan fingerprint density at radius 2 is 1.58 bits per heavy atom. The number of thioether (sulfide) groups is 1. The summed E-state index contributed by atoms with van der Waals surface area (Å²) in [5.41, 5.74) is 7.15. The first-order chi connectivity index (χ1) is 11.5. The lowest BCUT2D eigenvalue weighted by atomic mass is 10.1. The van der Waals surface area contributed by atoms with E-state index in [1.54, 1.807) is 12.1 Å². The first kappa shape index (κ1) is 18.4. The summed E-state index contributed by atoms with van der Waals surface area (Å²) in [5, 5.41) is 0.657. The lowest BCUT2D eigenvalue weighted by Gasteiger charge is -2.07. The second-order valence-electron chi connectivity index (χ2n) is 5.32. The van der Waals surface area contributed by atoms with Crippen LogP contribution >= 0.6 is 23.4 Å². The summed E-state index contributed by atoms with van der Waals surface area (Å²) in [6, 6.07) is 15.3. The van der Waals surface area contributed by atoms with E-state index in [1.165, 1.54) is 17.3 Å². The molecule has 0 fully saturated rings. The smallest absolute Gasteiger partial charge is 0.248 e. The summed E-state index contributed by atoms with van der Waals surface area (Å²) in [7, 11) is 0. The molecule has 4 nitrogen and oxygen atoms in total. The quantitative estimate of drug-likeness (QED) is 0.610. The van der Waals surface area contributed by atoms with Crippen molar-refractivity contribution in [2.75, 3.05) is 5.75 Å². The topological polar surface area (TPSA) is 58.2 Å². The van der Waals surface area contributed by atoms with Crippen molar-refractivity contribution in [3.05, 3.63) is 64.7 Å². The van der Waals surface area contributed by atoms with E-state index in [1.807, 2.05) is 43.3 Å². The van der Waals surface area contributed by atoms with Crippen LogP contribution in [0.3, 0.4) is 0 Å². The van der Waals surface area contributed by atoms with Gasteiger partial charge in [-0.3, -0.25) is 20.4 Å². The molecule has 0 aliphatic rings. The third-order valence-corrected chi connectivity index (χ3v) is 4.55. The zero-order valence-corrected chi connectivity index (χ0v) is 14.9. The molecule has 0 aromatic heterocycles. The molecule has 0 spiro atoms. The standard InChI is InChI=1S/C18H19ClN2O2S/c1-13-2-4-14(5-3-13)6-11-17(22)20-21-18(23)12-24-16-9-7-15(19)8-10-16/h2-5,7-10H,6,11-12H2,1H3,(H,20,22)(H,21,23). The van der Waals surface area contributed by atoms with Crippen LogP contribution in [0.25, 0.3) is 0 Å². The minimum atomic E-state index is -0.251. The first-order valence-electron chi connectivity index (χ1n) is 7.54. The maximum absolute atomic E-state index is 11.8. The van der Waals surface area contributed by atoms with Crippen LogP contribution in [0.4, 0.5) is 0 Å². The molecule has 2 aromatic rings. The number of halogens is 1. The zero-order chi connectivity index (χ0) is 17.4. The van der Waals surface area contributed by atoms with Gasteiger partial charge in [0, 0.05) is 16.3 Å². The van der Waals surface area contributed by atoms with E-state index >= 15 is 0 Å². The SMILES string of the molecule is Cc1ccc(CCC(=O)NNC(=O)CSc2ccc(Cl)cc2)cc1. The Bertz CT molecular complexity index is 626. The molecule has 2 N–H and O–H groups in total. The minimum Gasteiger partial charge on any atom is -0.273 e. The number of hydrogen-bond donors (Lipinski definition) is 2. The number of amides is 2. The Hall–Kier alpha value is -1.98. The van der Waals surface area contributed by atoms with Crippen LogP contribution in [-0.2, 0) is 16.0 Å². The van der Waals surface area contributed by atoms with Crippen LogP contribution in [0, 0.1) is 6.92 Å². The molecule has 126 valence electrons. The predicted molar refractivity (Wildman–Crippen MR) is 98.0 cm³/mol. The van der Waals surface area contributed by atoms with Crippen molar-refractivity contribution < 1.29 is 9.59 Å². The van der Waals surface area contributed by atoms with Crippen molar-refractivity contribution >= 4 is 35.2 Å². The Labute approximate surface area is 150 Å². The summed E-state index contributed by atoms with van der Waals surface area (Å²) in [6.07, 6.45) is 0.967. The van der Waals surface area contributed by atoms with E-state index in [2.05, 4.69) is 10.9 Å². The average molecular weight is 363 g/mol. The number of hydrazine groups is 1. The van der Waals surface area contributed by atoms with Gasteiger partial charge in [0.05, 0.1) is 5.75 Å². The van der Waals surface area contributed by atoms with Gasteiger partial charge in [-0.05, 0) is 43.2 Å². The third-order valence-electron chi connectivity index (χ3n) is 3.29. The van der Waals surface area contributed by atoms with Gasteiger partial charge in [0.1, 0.15) is 0 Å². The highest BCUT2D eigenvalue weighted by molar-refractivity contribution is 8.00. The second-order valence-corrected chi connectivity index (χ2v) is 6.81. The third kappa shape index (κ3) is 6.64. The first-order valence-corrected chi connectivity index (χ1v) is 8.91. The fourth-order valence-electron chi connectivity index (χ4n) is 1.93. The van der Waals surface area contributed by atoms with Crippen LogP contribution in [0.2, 0.25) is 5.02 Å². The molecule has 0 bridgehead atoms. The molecule has 0 atom stereocenters. The van der Waals surface area contributed by atoms with Gasteiger partial charge in [-0.25, -0.2) is 0 Å². The number of benzene rings is 2. The Morgan fingerprint density at radius 1 is 0.958 bits per heavy atom. The summed E-state index contributed by atoms with van der Waals surface area (Å²) < 4.78 is 0. The number of carbonyl (C=O) groups is 2. The van der Waals surface area contributed by atoms with E-state index in [0.717, 1.165) is 10.5 Å². The van der Waals surface area contributed by atoms with Crippen LogP contribution in [0.5, 0.6) is 0 Å². The second kappa shape index (κ2) is 9.35. The van der Waals surface area contributed by atoms with Crippen LogP contribution in [0.15, 0.2) is 53.4 Å². The van der Waals surface area contributed by atoms with E-state index in [-0.39, 0.29) is 17.6 Å². The summed E-state index contributed by atoms with van der Waals surface area (Å²) in [5.74, 6) is -0.237. The molecule has 2 rings (SSSR count). The van der Waals surface area contributed by atoms with Gasteiger partial charge >= 0.3 is 0 Å². The van der Waals surface area contributed by atoms with Crippen molar-refractivity contribution in [1.82, 2.24) is 10.9 Å². The minimum absolute atomic E-state index is 0.208. The summed E-state index contributed by atoms with van der Waals surface area (Å²) in [4.78, 5) is 24.4. The fraction of sp³-hybridized carbons (Fsp3) is 0.222. The fourth-order valence-corrected chi connectivity index (χ4v) is 2.75. The van der Waals surface area contributed by atoms with Gasteiger partial charge in [0.15, 0.2) is 0 Å². The molecule has 0 heterocycles. The largest absolute Gasteiger partial charge is 0.273 e. The van der Waals surface area contributed by atoms with Crippen molar-refractivity contribution in [3.8, 4) is 0 Å². The normalized spacial score (nSPS) is 10.2. The highest BCUT2D eigenvalue weighted by atomic mass is 35.5. The van der Waals surface area contributed by atoms with Gasteiger partial charge in [0.2, 0.25) is 11.8 Å². The molecule has 0 saturated heterocycles. The summed E-state index contributed by atoms with van der Waals surface area (Å²) in [6.45, 7) is 2.02. The number of hydrogen-bond acceptors (Lipinski definition) is 3. The van der Waals surface area contributed by atoms with Crippen molar-refractivity contribution in [2.45, 2.75) is 24.7 Å².